The zero-order valence-corrected chi connectivity index (χ0v) is 27.7. The van der Waals surface area contributed by atoms with E-state index in [2.05, 4.69) is 17.2 Å². The molecule has 254 valence electrons. The van der Waals surface area contributed by atoms with E-state index in [1.165, 1.54) is 25.7 Å². The molecule has 1 heterocycles. The Labute approximate surface area is 270 Å². The second kappa shape index (κ2) is 19.3. The highest BCUT2D eigenvalue weighted by Crippen LogP contribution is 2.45. The van der Waals surface area contributed by atoms with E-state index in [1.807, 2.05) is 31.3 Å². The zero-order chi connectivity index (χ0) is 32.7. The van der Waals surface area contributed by atoms with Gasteiger partial charge in [-0.15, -0.1) is 0 Å². The van der Waals surface area contributed by atoms with Crippen molar-refractivity contribution in [3.63, 3.8) is 0 Å². The van der Waals surface area contributed by atoms with Gasteiger partial charge in [0.15, 0.2) is 0 Å². The van der Waals surface area contributed by atoms with Crippen molar-refractivity contribution in [2.45, 2.75) is 134 Å². The number of hydrogen-bond acceptors (Lipinski definition) is 6. The van der Waals surface area contributed by atoms with E-state index in [0.717, 1.165) is 74.7 Å². The highest BCUT2D eigenvalue weighted by molar-refractivity contribution is 5.70. The minimum Gasteiger partial charge on any atom is -0.508 e. The number of carbonyl (C=O) groups is 1. The molecule has 3 rings (SSSR count). The van der Waals surface area contributed by atoms with Crippen LogP contribution in [0.4, 0.5) is 0 Å². The molecule has 1 aromatic heterocycles. The smallest absolute Gasteiger partial charge is 0.309 e. The summed E-state index contributed by atoms with van der Waals surface area (Å²) in [6.07, 6.45) is 13.5. The highest BCUT2D eigenvalue weighted by Gasteiger charge is 2.48. The first-order valence-corrected chi connectivity index (χ1v) is 17.6. The summed E-state index contributed by atoms with van der Waals surface area (Å²) in [4.78, 5) is 15.7. The fourth-order valence-electron chi connectivity index (χ4n) is 7.44. The van der Waals surface area contributed by atoms with Crippen molar-refractivity contribution in [1.82, 2.24) is 10.3 Å². The molecular formula is C37H60N2O6. The monoisotopic (exact) mass is 628 g/mol. The van der Waals surface area contributed by atoms with Crippen LogP contribution in [0.25, 0.3) is 11.3 Å². The quantitative estimate of drug-likeness (QED) is 0.0669. The molecule has 1 aromatic carbocycles. The van der Waals surface area contributed by atoms with Crippen LogP contribution in [0, 0.1) is 17.8 Å². The van der Waals surface area contributed by atoms with E-state index in [4.69, 9.17) is 0 Å². The highest BCUT2D eigenvalue weighted by atomic mass is 16.4. The maximum Gasteiger partial charge on any atom is 0.309 e. The Morgan fingerprint density at radius 2 is 1.69 bits per heavy atom. The first-order valence-electron chi connectivity index (χ1n) is 17.6. The largest absolute Gasteiger partial charge is 0.508 e. The Kier molecular flexibility index (Phi) is 15.9. The molecule has 0 bridgehead atoms. The maximum absolute atomic E-state index is 12.2. The summed E-state index contributed by atoms with van der Waals surface area (Å²) in [7, 11) is 1.83. The number of phenols is 1. The van der Waals surface area contributed by atoms with Crippen molar-refractivity contribution in [3.8, 4) is 17.0 Å². The number of aliphatic carboxylic acids is 1. The normalized spacial score (nSPS) is 21.0. The van der Waals surface area contributed by atoms with E-state index in [9.17, 15) is 30.3 Å². The number of carboxylic acids is 1. The summed E-state index contributed by atoms with van der Waals surface area (Å²) in [6, 6.07) is 11.1. The van der Waals surface area contributed by atoms with E-state index in [0.29, 0.717) is 25.8 Å². The number of aliphatic hydroxyl groups excluding tert-OH is 2. The lowest BCUT2D eigenvalue weighted by Crippen LogP contribution is -2.48. The van der Waals surface area contributed by atoms with Crippen LogP contribution >= 0.6 is 0 Å². The summed E-state index contributed by atoms with van der Waals surface area (Å²) in [5.41, 5.74) is 1.79. The third-order valence-corrected chi connectivity index (χ3v) is 10.1. The number of phenolic OH excluding ortho intramolecular Hbond substituents is 1. The molecule has 7 N–H and O–H groups in total. The first-order chi connectivity index (χ1) is 21.7. The van der Waals surface area contributed by atoms with Gasteiger partial charge in [0, 0.05) is 29.4 Å². The Balaban J connectivity index is 1.50. The summed E-state index contributed by atoms with van der Waals surface area (Å²) < 4.78 is 0. The van der Waals surface area contributed by atoms with Gasteiger partial charge in [0.25, 0.3) is 0 Å². The van der Waals surface area contributed by atoms with Crippen LogP contribution in [-0.4, -0.2) is 67.9 Å². The van der Waals surface area contributed by atoms with E-state index >= 15 is 0 Å². The van der Waals surface area contributed by atoms with Crippen molar-refractivity contribution in [2.24, 2.45) is 17.8 Å². The number of nitrogens with one attached hydrogen (secondary N) is 2. The van der Waals surface area contributed by atoms with E-state index in [-0.39, 0.29) is 30.1 Å². The van der Waals surface area contributed by atoms with Crippen molar-refractivity contribution in [1.29, 1.82) is 0 Å². The standard InChI is InChI=1S/C37H60N2O6/c1-3-4-5-6-9-16-31(40)17-10-7-8-11-19-33(36(43)44)35(42)25-29(26-38-2)37(45)22-13-15-28(37)24-30-20-21-34(39-30)27-14-12-18-32(41)23-27/h12,14,18,20-21,23,28-29,31,33,35,38-42,45H,3-11,13,15-17,19,22,24-26H2,1-2H3,(H,43,44)/t28-,29-,31-,33-,35+,37+/m0/s1. The third-order valence-electron chi connectivity index (χ3n) is 10.1. The fraction of sp³-hybridized carbons (Fsp3) is 0.703. The lowest BCUT2D eigenvalue weighted by Gasteiger charge is -2.39. The van der Waals surface area contributed by atoms with Gasteiger partial charge in [-0.3, -0.25) is 4.79 Å². The van der Waals surface area contributed by atoms with Gasteiger partial charge in [0.2, 0.25) is 0 Å². The average molecular weight is 629 g/mol. The van der Waals surface area contributed by atoms with Gasteiger partial charge in [-0.1, -0.05) is 83.3 Å². The Bertz CT molecular complexity index is 1120. The molecule has 6 atom stereocenters. The predicted octanol–water partition coefficient (Wildman–Crippen LogP) is 6.81. The van der Waals surface area contributed by atoms with Crippen molar-refractivity contribution in [2.75, 3.05) is 13.6 Å². The molecule has 8 nitrogen and oxygen atoms in total. The van der Waals surface area contributed by atoms with Crippen molar-refractivity contribution >= 4 is 5.97 Å². The average Bonchev–Trinajstić information content (AvgIpc) is 3.63. The molecule has 0 unspecified atom stereocenters. The van der Waals surface area contributed by atoms with Crippen LogP contribution in [-0.2, 0) is 11.2 Å². The number of unbranched alkanes of at least 4 members (excludes halogenated alkanes) is 7. The SMILES string of the molecule is CCCCCCC[C@H](O)CCCCCC[C@H](C(=O)O)[C@H](O)C[C@@H](CNC)[C@@]1(O)CCC[C@H]1Cc1ccc(-c2cccc(O)c2)[nH]1. The van der Waals surface area contributed by atoms with Gasteiger partial charge >= 0.3 is 5.97 Å². The topological polar surface area (TPSA) is 146 Å². The molecule has 0 spiro atoms. The number of aliphatic hydroxyl groups is 3. The first kappa shape index (κ1) is 37.1. The van der Waals surface area contributed by atoms with Crippen LogP contribution < -0.4 is 5.32 Å². The number of hydrogen-bond donors (Lipinski definition) is 7. The van der Waals surface area contributed by atoms with Gasteiger partial charge in [-0.2, -0.15) is 0 Å². The van der Waals surface area contributed by atoms with Gasteiger partial charge < -0.3 is 35.8 Å². The minimum absolute atomic E-state index is 0.0197. The number of carboxylic acid groups (broad SMARTS) is 1. The summed E-state index contributed by atoms with van der Waals surface area (Å²) in [5, 5.41) is 56.6. The Hall–Kier alpha value is -2.39. The molecule has 45 heavy (non-hydrogen) atoms. The number of H-pyrrole nitrogens is 1. The van der Waals surface area contributed by atoms with Gasteiger partial charge in [-0.25, -0.2) is 0 Å². The summed E-state index contributed by atoms with van der Waals surface area (Å²) >= 11 is 0. The zero-order valence-electron chi connectivity index (χ0n) is 27.7. The number of aromatic nitrogens is 1. The van der Waals surface area contributed by atoms with Crippen LogP contribution in [0.15, 0.2) is 36.4 Å². The summed E-state index contributed by atoms with van der Waals surface area (Å²) in [5.74, 6) is -1.94. The fourth-order valence-corrected chi connectivity index (χ4v) is 7.44. The van der Waals surface area contributed by atoms with Gasteiger partial charge in [0.1, 0.15) is 5.75 Å². The van der Waals surface area contributed by atoms with E-state index in [1.54, 1.807) is 12.1 Å². The predicted molar refractivity (Wildman–Crippen MR) is 180 cm³/mol. The maximum atomic E-state index is 12.2. The molecule has 0 radical (unpaired) electrons. The molecule has 2 aromatic rings. The molecule has 8 heteroatoms. The molecular weight excluding hydrogens is 568 g/mol. The molecule has 1 aliphatic carbocycles. The molecule has 0 aliphatic heterocycles. The minimum atomic E-state index is -1.04. The number of aromatic amines is 1. The molecule has 0 saturated heterocycles. The summed E-state index contributed by atoms with van der Waals surface area (Å²) in [6.45, 7) is 2.70. The lowest BCUT2D eigenvalue weighted by molar-refractivity contribution is -0.147. The van der Waals surface area contributed by atoms with E-state index < -0.39 is 23.6 Å². The molecule has 1 fully saturated rings. The Morgan fingerprint density at radius 3 is 2.33 bits per heavy atom. The molecule has 1 aliphatic rings. The van der Waals surface area contributed by atoms with Crippen molar-refractivity contribution < 1.29 is 30.3 Å². The van der Waals surface area contributed by atoms with Crippen LogP contribution in [0.5, 0.6) is 5.75 Å². The van der Waals surface area contributed by atoms with Gasteiger partial charge in [-0.05, 0) is 82.2 Å². The lowest BCUT2D eigenvalue weighted by atomic mass is 9.73. The van der Waals surface area contributed by atoms with Crippen molar-refractivity contribution in [3.05, 3.63) is 42.1 Å². The second-order valence-electron chi connectivity index (χ2n) is 13.6. The molecule has 0 amide bonds. The Morgan fingerprint density at radius 1 is 1.00 bits per heavy atom. The number of rotatable bonds is 23. The number of benzene rings is 1. The second-order valence-corrected chi connectivity index (χ2v) is 13.6. The molecule has 1 saturated carbocycles. The van der Waals surface area contributed by atoms with Gasteiger partial charge in [0.05, 0.1) is 23.7 Å². The third kappa shape index (κ3) is 11.7. The van der Waals surface area contributed by atoms with Crippen LogP contribution in [0.3, 0.4) is 0 Å². The van der Waals surface area contributed by atoms with Crippen LogP contribution in [0.2, 0.25) is 0 Å². The number of aromatic hydroxyl groups is 1. The van der Waals surface area contributed by atoms with Crippen LogP contribution in [0.1, 0.15) is 115 Å².